The average Bonchev–Trinajstić information content (AvgIpc) is 3.58. The standard InChI is InChI=1S/C28H31FN10O2S/c1-30-19-28(29)8-11-38(12-9-28)24-13-26(32-15-21(24)4-3-20-14-33-37(2)17-20)35-25-7-10-31-27(36-25)22-16-34-39(18-22)42(40,41)23-5-6-23/h7,10,13-18,23,30H,5-6,8-9,11-12,19H2,1-2H3,(H,31,32,35,36). The lowest BCUT2D eigenvalue weighted by molar-refractivity contribution is 0.126. The fourth-order valence-electron chi connectivity index (χ4n) is 4.91. The molecule has 1 aliphatic heterocycles. The van der Waals surface area contributed by atoms with Crippen LogP contribution in [0, 0.1) is 11.8 Å². The second-order valence-corrected chi connectivity index (χ2v) is 12.7. The number of alkyl halides is 1. The molecular weight excluding hydrogens is 559 g/mol. The number of halogens is 1. The topological polar surface area (TPSA) is 136 Å². The summed E-state index contributed by atoms with van der Waals surface area (Å²) in [5, 5.41) is 14.0. The van der Waals surface area contributed by atoms with Crippen LogP contribution in [0.3, 0.4) is 0 Å². The largest absolute Gasteiger partial charge is 0.370 e. The Labute approximate surface area is 243 Å². The Hall–Kier alpha value is -4.35. The van der Waals surface area contributed by atoms with Crippen molar-refractivity contribution >= 4 is 27.3 Å². The lowest BCUT2D eigenvalue weighted by Crippen LogP contribution is -2.46. The van der Waals surface area contributed by atoms with Crippen LogP contribution in [0.25, 0.3) is 11.4 Å². The molecule has 5 heterocycles. The smallest absolute Gasteiger partial charge is 0.256 e. The molecule has 2 N–H and O–H groups in total. The van der Waals surface area contributed by atoms with E-state index in [1.165, 1.54) is 12.4 Å². The fourth-order valence-corrected chi connectivity index (χ4v) is 6.39. The monoisotopic (exact) mass is 590 g/mol. The zero-order valence-corrected chi connectivity index (χ0v) is 24.1. The molecule has 1 aliphatic carbocycles. The van der Waals surface area contributed by atoms with E-state index >= 15 is 4.39 Å². The first-order chi connectivity index (χ1) is 20.2. The molecule has 0 spiro atoms. The highest BCUT2D eigenvalue weighted by Gasteiger charge is 2.38. The fraction of sp³-hybridized carbons (Fsp3) is 0.393. The summed E-state index contributed by atoms with van der Waals surface area (Å²) in [5.41, 5.74) is 1.59. The Bertz CT molecular complexity index is 1760. The summed E-state index contributed by atoms with van der Waals surface area (Å²) >= 11 is 0. The number of hydrogen-bond acceptors (Lipinski definition) is 10. The van der Waals surface area contributed by atoms with Gasteiger partial charge < -0.3 is 15.5 Å². The Kier molecular flexibility index (Phi) is 7.38. The minimum absolute atomic E-state index is 0.319. The maximum Gasteiger partial charge on any atom is 0.256 e. The van der Waals surface area contributed by atoms with E-state index < -0.39 is 15.7 Å². The number of hydrogen-bond donors (Lipinski definition) is 2. The molecule has 0 radical (unpaired) electrons. The number of aromatic nitrogens is 7. The van der Waals surface area contributed by atoms with Crippen molar-refractivity contribution in [1.82, 2.24) is 39.2 Å². The van der Waals surface area contributed by atoms with Gasteiger partial charge in [0, 0.05) is 64.2 Å². The molecule has 4 aromatic heterocycles. The number of piperidine rings is 1. The van der Waals surface area contributed by atoms with Crippen molar-refractivity contribution in [3.63, 3.8) is 0 Å². The minimum Gasteiger partial charge on any atom is -0.370 e. The van der Waals surface area contributed by atoms with Crippen LogP contribution in [0.4, 0.5) is 21.7 Å². The van der Waals surface area contributed by atoms with Gasteiger partial charge >= 0.3 is 0 Å². The molecule has 0 amide bonds. The van der Waals surface area contributed by atoms with Crippen LogP contribution in [-0.2, 0) is 17.1 Å². The third-order valence-electron chi connectivity index (χ3n) is 7.36. The van der Waals surface area contributed by atoms with Crippen molar-refractivity contribution in [2.75, 3.05) is 36.9 Å². The highest BCUT2D eigenvalue weighted by atomic mass is 32.2. The molecule has 14 heteroatoms. The summed E-state index contributed by atoms with van der Waals surface area (Å²) in [4.78, 5) is 15.6. The van der Waals surface area contributed by atoms with Crippen LogP contribution in [0.1, 0.15) is 36.8 Å². The van der Waals surface area contributed by atoms with Gasteiger partial charge in [-0.2, -0.15) is 14.3 Å². The lowest BCUT2D eigenvalue weighted by atomic mass is 9.92. The van der Waals surface area contributed by atoms with Crippen LogP contribution in [-0.4, -0.2) is 79.9 Å². The number of rotatable bonds is 8. The third kappa shape index (κ3) is 5.97. The number of pyridine rings is 1. The van der Waals surface area contributed by atoms with Crippen LogP contribution in [0.2, 0.25) is 0 Å². The van der Waals surface area contributed by atoms with Crippen molar-refractivity contribution in [3.05, 3.63) is 60.4 Å². The number of nitrogens with zero attached hydrogens (tertiary/aromatic N) is 8. The van der Waals surface area contributed by atoms with Gasteiger partial charge in [-0.05, 0) is 26.0 Å². The van der Waals surface area contributed by atoms with Crippen molar-refractivity contribution in [2.45, 2.75) is 36.6 Å². The van der Waals surface area contributed by atoms with Crippen LogP contribution in [0.5, 0.6) is 0 Å². The van der Waals surface area contributed by atoms with E-state index in [2.05, 4.69) is 52.5 Å². The second-order valence-electron chi connectivity index (χ2n) is 10.6. The molecule has 0 unspecified atom stereocenters. The number of nitrogens with one attached hydrogen (secondary N) is 2. The van der Waals surface area contributed by atoms with Gasteiger partial charge in [0.05, 0.1) is 46.2 Å². The molecule has 42 heavy (non-hydrogen) atoms. The van der Waals surface area contributed by atoms with E-state index in [0.717, 1.165) is 20.9 Å². The molecule has 2 fully saturated rings. The van der Waals surface area contributed by atoms with Gasteiger partial charge in [0.2, 0.25) is 0 Å². The average molecular weight is 591 g/mol. The number of aryl methyl sites for hydroxylation is 1. The van der Waals surface area contributed by atoms with Gasteiger partial charge in [-0.15, -0.1) is 0 Å². The predicted octanol–water partition coefficient (Wildman–Crippen LogP) is 2.48. The zero-order valence-electron chi connectivity index (χ0n) is 23.3. The maximum atomic E-state index is 15.2. The van der Waals surface area contributed by atoms with Crippen molar-refractivity contribution in [3.8, 4) is 23.2 Å². The van der Waals surface area contributed by atoms with Crippen molar-refractivity contribution in [2.24, 2.45) is 7.05 Å². The summed E-state index contributed by atoms with van der Waals surface area (Å²) in [6.45, 7) is 1.39. The van der Waals surface area contributed by atoms with E-state index in [0.29, 0.717) is 68.3 Å². The predicted molar refractivity (Wildman–Crippen MR) is 157 cm³/mol. The van der Waals surface area contributed by atoms with Crippen LogP contribution >= 0.6 is 0 Å². The summed E-state index contributed by atoms with van der Waals surface area (Å²) in [7, 11) is 0.114. The maximum absolute atomic E-state index is 15.2. The quantitative estimate of drug-likeness (QED) is 0.295. The molecule has 0 aromatic carbocycles. The van der Waals surface area contributed by atoms with Gasteiger partial charge in [0.1, 0.15) is 17.3 Å². The van der Waals surface area contributed by atoms with Gasteiger partial charge in [0.25, 0.3) is 10.0 Å². The summed E-state index contributed by atoms with van der Waals surface area (Å²) in [6, 6.07) is 3.58. The highest BCUT2D eigenvalue weighted by Crippen LogP contribution is 2.33. The normalized spacial score (nSPS) is 16.6. The van der Waals surface area contributed by atoms with Crippen LogP contribution in [0.15, 0.2) is 49.3 Å². The molecule has 218 valence electrons. The molecule has 2 aliphatic rings. The SMILES string of the molecule is CNCC1(F)CCN(c2cc(Nc3ccnc(-c4cnn(S(=O)(=O)C5CC5)c4)n3)ncc2C#Cc2cnn(C)c2)CC1. The Morgan fingerprint density at radius 2 is 1.88 bits per heavy atom. The summed E-state index contributed by atoms with van der Waals surface area (Å²) < 4.78 is 42.9. The molecule has 0 atom stereocenters. The first-order valence-corrected chi connectivity index (χ1v) is 15.2. The minimum atomic E-state index is -3.49. The molecule has 1 saturated carbocycles. The zero-order chi connectivity index (χ0) is 29.3. The van der Waals surface area contributed by atoms with Gasteiger partial charge in [-0.25, -0.2) is 27.8 Å². The van der Waals surface area contributed by atoms with Crippen molar-refractivity contribution in [1.29, 1.82) is 0 Å². The second kappa shape index (κ2) is 11.1. The molecular formula is C28H31FN10O2S. The van der Waals surface area contributed by atoms with E-state index in [1.54, 1.807) is 36.4 Å². The first kappa shape index (κ1) is 27.8. The summed E-state index contributed by atoms with van der Waals surface area (Å²) in [5.74, 6) is 7.68. The lowest BCUT2D eigenvalue weighted by Gasteiger charge is -2.38. The van der Waals surface area contributed by atoms with Crippen LogP contribution < -0.4 is 15.5 Å². The highest BCUT2D eigenvalue weighted by molar-refractivity contribution is 7.90. The van der Waals surface area contributed by atoms with Crippen molar-refractivity contribution < 1.29 is 12.8 Å². The van der Waals surface area contributed by atoms with E-state index in [4.69, 9.17) is 0 Å². The Morgan fingerprint density at radius 1 is 1.07 bits per heavy atom. The summed E-state index contributed by atoms with van der Waals surface area (Å²) in [6.07, 6.45) is 11.8. The third-order valence-corrected chi connectivity index (χ3v) is 9.39. The molecule has 12 nitrogen and oxygen atoms in total. The molecule has 0 bridgehead atoms. The molecule has 1 saturated heterocycles. The van der Waals surface area contributed by atoms with E-state index in [9.17, 15) is 8.42 Å². The van der Waals surface area contributed by atoms with Gasteiger partial charge in [0.15, 0.2) is 5.82 Å². The number of anilines is 3. The Morgan fingerprint density at radius 3 is 2.60 bits per heavy atom. The van der Waals surface area contributed by atoms with Gasteiger partial charge in [-0.3, -0.25) is 4.68 Å². The molecule has 4 aromatic rings. The van der Waals surface area contributed by atoms with Gasteiger partial charge in [-0.1, -0.05) is 11.8 Å². The van der Waals surface area contributed by atoms with E-state index in [-0.39, 0.29) is 5.25 Å². The molecule has 6 rings (SSSR count). The first-order valence-electron chi connectivity index (χ1n) is 13.7. The van der Waals surface area contributed by atoms with E-state index in [1.807, 2.05) is 19.3 Å². The Balaban J connectivity index is 1.26.